The van der Waals surface area contributed by atoms with Crippen LogP contribution in [-0.2, 0) is 42.2 Å². The topological polar surface area (TPSA) is 155 Å². The molecular formula is C62H111O11P. The van der Waals surface area contributed by atoms with Gasteiger partial charge in [0.1, 0.15) is 12.7 Å². The highest BCUT2D eigenvalue weighted by Crippen LogP contribution is 2.43. The van der Waals surface area contributed by atoms with Crippen LogP contribution in [-0.4, -0.2) is 66.5 Å². The van der Waals surface area contributed by atoms with Crippen LogP contribution in [0, 0.1) is 0 Å². The fourth-order valence-electron chi connectivity index (χ4n) is 8.23. The van der Waals surface area contributed by atoms with Crippen LogP contribution in [0.4, 0.5) is 0 Å². The number of aliphatic hydroxyl groups excluding tert-OH is 1. The molecule has 0 fully saturated rings. The molecule has 0 spiro atoms. The summed E-state index contributed by atoms with van der Waals surface area (Å²) in [5.74, 6) is -1.48. The van der Waals surface area contributed by atoms with E-state index in [4.69, 9.17) is 23.3 Å². The predicted molar refractivity (Wildman–Crippen MR) is 307 cm³/mol. The number of hydrogen-bond donors (Lipinski definition) is 2. The molecule has 0 aliphatic heterocycles. The molecule has 0 radical (unpaired) electrons. The summed E-state index contributed by atoms with van der Waals surface area (Å²) in [7, 11) is -4.75. The van der Waals surface area contributed by atoms with E-state index in [0.29, 0.717) is 19.3 Å². The minimum atomic E-state index is -4.75. The Labute approximate surface area is 453 Å². The number of ether oxygens (including phenoxy) is 3. The van der Waals surface area contributed by atoms with E-state index in [9.17, 15) is 28.9 Å². The van der Waals surface area contributed by atoms with Crippen molar-refractivity contribution in [1.82, 2.24) is 0 Å². The van der Waals surface area contributed by atoms with Crippen molar-refractivity contribution in [2.24, 2.45) is 0 Å². The quantitative estimate of drug-likeness (QED) is 0.0197. The molecule has 2 N–H and O–H groups in total. The Hall–Kier alpha value is -2.82. The van der Waals surface area contributed by atoms with Gasteiger partial charge in [-0.3, -0.25) is 23.4 Å². The Morgan fingerprint density at radius 1 is 0.378 bits per heavy atom. The predicted octanol–water partition coefficient (Wildman–Crippen LogP) is 17.9. The smallest absolute Gasteiger partial charge is 0.462 e. The Balaban J connectivity index is 4.72. The molecule has 74 heavy (non-hydrogen) atoms. The molecular weight excluding hydrogens is 952 g/mol. The minimum Gasteiger partial charge on any atom is -0.462 e. The van der Waals surface area contributed by atoms with Gasteiger partial charge < -0.3 is 24.2 Å². The fourth-order valence-corrected chi connectivity index (χ4v) is 9.02. The zero-order chi connectivity index (χ0) is 54.1. The third kappa shape index (κ3) is 54.0. The summed E-state index contributed by atoms with van der Waals surface area (Å²) in [6.07, 6.45) is 61.7. The minimum absolute atomic E-state index is 0.150. The summed E-state index contributed by atoms with van der Waals surface area (Å²) in [4.78, 5) is 48.6. The molecule has 12 heteroatoms. The van der Waals surface area contributed by atoms with Crippen molar-refractivity contribution >= 4 is 25.7 Å². The Morgan fingerprint density at radius 3 is 1.04 bits per heavy atom. The van der Waals surface area contributed by atoms with Gasteiger partial charge in [-0.05, 0) is 109 Å². The zero-order valence-electron chi connectivity index (χ0n) is 47.6. The first kappa shape index (κ1) is 71.2. The van der Waals surface area contributed by atoms with Crippen molar-refractivity contribution in [3.8, 4) is 0 Å². The van der Waals surface area contributed by atoms with Gasteiger partial charge in [-0.25, -0.2) is 4.57 Å². The van der Waals surface area contributed by atoms with Crippen LogP contribution in [0.15, 0.2) is 60.8 Å². The molecule has 0 bridgehead atoms. The van der Waals surface area contributed by atoms with Gasteiger partial charge in [-0.2, -0.15) is 0 Å². The Morgan fingerprint density at radius 2 is 0.662 bits per heavy atom. The van der Waals surface area contributed by atoms with Gasteiger partial charge in [0.15, 0.2) is 6.10 Å². The average molecular weight is 1060 g/mol. The average Bonchev–Trinajstić information content (AvgIpc) is 3.39. The van der Waals surface area contributed by atoms with Crippen LogP contribution in [0.2, 0.25) is 0 Å². The number of phosphoric ester groups is 1. The van der Waals surface area contributed by atoms with Crippen LogP contribution in [0.1, 0.15) is 278 Å². The molecule has 0 aliphatic carbocycles. The second-order valence-electron chi connectivity index (χ2n) is 20.2. The molecule has 0 amide bonds. The maximum absolute atomic E-state index is 12.9. The summed E-state index contributed by atoms with van der Waals surface area (Å²) in [6.45, 7) is 4.57. The highest BCUT2D eigenvalue weighted by atomic mass is 31.2. The molecule has 0 saturated carbocycles. The number of unbranched alkanes of at least 4 members (excludes halogenated alkanes) is 29. The summed E-state index contributed by atoms with van der Waals surface area (Å²) in [6, 6.07) is 0. The summed E-state index contributed by atoms with van der Waals surface area (Å²) < 4.78 is 39.6. The van der Waals surface area contributed by atoms with E-state index in [1.807, 2.05) is 0 Å². The molecule has 11 nitrogen and oxygen atoms in total. The first-order valence-electron chi connectivity index (χ1n) is 30.2. The number of phosphoric acid groups is 1. The van der Waals surface area contributed by atoms with Gasteiger partial charge in [0.2, 0.25) is 0 Å². The molecule has 0 heterocycles. The summed E-state index contributed by atoms with van der Waals surface area (Å²) in [5, 5.41) is 9.81. The highest BCUT2D eigenvalue weighted by Gasteiger charge is 2.28. The second kappa shape index (κ2) is 56.4. The van der Waals surface area contributed by atoms with E-state index in [1.165, 1.54) is 103 Å². The molecule has 0 aromatic rings. The standard InChI is InChI=1S/C62H111O11P/c1-4-7-10-13-16-19-22-25-27-28-29-30-32-34-36-39-42-45-48-51-60(64)69-55-59(73-62(66)53-50-47-44-41-38-35-31-26-23-20-17-14-11-8-5-2)57-71-74(67,68)70-56-58(54-63)72-61(65)52-49-46-43-40-37-33-24-21-18-15-12-9-6-3/h16-17,19-21,24-27,31,58-59,63H,4-15,18,22-23,28-30,32-57H2,1-3H3,(H,67,68)/b19-16-,20-17-,24-21-,27-25-,31-26-. The van der Waals surface area contributed by atoms with E-state index < -0.39 is 57.8 Å². The van der Waals surface area contributed by atoms with E-state index in [0.717, 1.165) is 116 Å². The molecule has 3 atom stereocenters. The third-order valence-electron chi connectivity index (χ3n) is 12.9. The van der Waals surface area contributed by atoms with E-state index in [1.54, 1.807) is 0 Å². The summed E-state index contributed by atoms with van der Waals surface area (Å²) >= 11 is 0. The Bertz CT molecular complexity index is 1470. The molecule has 0 aromatic heterocycles. The normalized spacial score (nSPS) is 13.7. The van der Waals surface area contributed by atoms with Crippen LogP contribution in [0.5, 0.6) is 0 Å². The van der Waals surface area contributed by atoms with E-state index >= 15 is 0 Å². The van der Waals surface area contributed by atoms with Crippen molar-refractivity contribution in [2.45, 2.75) is 290 Å². The summed E-state index contributed by atoms with van der Waals surface area (Å²) in [5.41, 5.74) is 0. The second-order valence-corrected chi connectivity index (χ2v) is 21.6. The van der Waals surface area contributed by atoms with Gasteiger partial charge in [0, 0.05) is 19.3 Å². The van der Waals surface area contributed by atoms with Crippen molar-refractivity contribution in [2.75, 3.05) is 26.4 Å². The lowest BCUT2D eigenvalue weighted by molar-refractivity contribution is -0.161. The van der Waals surface area contributed by atoms with Crippen LogP contribution < -0.4 is 0 Å². The maximum atomic E-state index is 12.9. The number of aliphatic hydroxyl groups is 1. The van der Waals surface area contributed by atoms with Crippen molar-refractivity contribution in [3.05, 3.63) is 60.8 Å². The lowest BCUT2D eigenvalue weighted by Crippen LogP contribution is -2.30. The molecule has 0 saturated heterocycles. The zero-order valence-corrected chi connectivity index (χ0v) is 48.5. The first-order chi connectivity index (χ1) is 36.2. The number of rotatable bonds is 56. The third-order valence-corrected chi connectivity index (χ3v) is 13.8. The van der Waals surface area contributed by atoms with E-state index in [-0.39, 0.29) is 25.9 Å². The van der Waals surface area contributed by atoms with Gasteiger partial charge in [0.25, 0.3) is 0 Å². The van der Waals surface area contributed by atoms with Crippen LogP contribution >= 0.6 is 7.82 Å². The number of allylic oxidation sites excluding steroid dienone is 10. The first-order valence-corrected chi connectivity index (χ1v) is 31.7. The maximum Gasteiger partial charge on any atom is 0.472 e. The molecule has 0 rings (SSSR count). The van der Waals surface area contributed by atoms with Gasteiger partial charge >= 0.3 is 25.7 Å². The van der Waals surface area contributed by atoms with Crippen LogP contribution in [0.25, 0.3) is 0 Å². The van der Waals surface area contributed by atoms with Crippen molar-refractivity contribution in [1.29, 1.82) is 0 Å². The number of esters is 3. The number of carbonyl (C=O) groups is 3. The van der Waals surface area contributed by atoms with Gasteiger partial charge in [0.05, 0.1) is 19.8 Å². The van der Waals surface area contributed by atoms with E-state index in [2.05, 4.69) is 81.5 Å². The highest BCUT2D eigenvalue weighted by molar-refractivity contribution is 7.47. The lowest BCUT2D eigenvalue weighted by Gasteiger charge is -2.21. The Kier molecular flexibility index (Phi) is 54.2. The van der Waals surface area contributed by atoms with Gasteiger partial charge in [-0.15, -0.1) is 0 Å². The monoisotopic (exact) mass is 1060 g/mol. The SMILES string of the molecule is CCCCC/C=C\C/C=C\CCCCCCCCCCCC(=O)OCC(COP(=O)(O)OCC(CO)OC(=O)CCCCCCC/C=C\CCCCCC)OC(=O)CCCCCCC/C=C\C/C=C\CCCCC. The van der Waals surface area contributed by atoms with Crippen molar-refractivity contribution < 1.29 is 52.2 Å². The van der Waals surface area contributed by atoms with Crippen LogP contribution in [0.3, 0.4) is 0 Å². The van der Waals surface area contributed by atoms with Gasteiger partial charge in [-0.1, -0.05) is 210 Å². The number of hydrogen-bond acceptors (Lipinski definition) is 10. The molecule has 3 unspecified atom stereocenters. The largest absolute Gasteiger partial charge is 0.472 e. The molecule has 0 aromatic carbocycles. The fraction of sp³-hybridized carbons (Fsp3) is 0.790. The lowest BCUT2D eigenvalue weighted by atomic mass is 10.1. The molecule has 430 valence electrons. The molecule has 0 aliphatic rings. The number of carbonyl (C=O) groups excluding carboxylic acids is 3. The van der Waals surface area contributed by atoms with Crippen molar-refractivity contribution in [3.63, 3.8) is 0 Å².